The fraction of sp³-hybridized carbons (Fsp3) is 0.391. The third-order valence-electron chi connectivity index (χ3n) is 5.37. The van der Waals surface area contributed by atoms with Crippen molar-refractivity contribution < 1.29 is 19.4 Å². The Morgan fingerprint density at radius 1 is 1.04 bits per heavy atom. The van der Waals surface area contributed by atoms with Crippen LogP contribution in [0.3, 0.4) is 0 Å². The molecule has 0 amide bonds. The number of ether oxygens (including phenoxy) is 1. The molecule has 2 aromatic rings. The summed E-state index contributed by atoms with van der Waals surface area (Å²) in [5, 5.41) is 12.6. The van der Waals surface area contributed by atoms with Crippen molar-refractivity contribution in [3.8, 4) is 11.1 Å². The van der Waals surface area contributed by atoms with Gasteiger partial charge in [0.15, 0.2) is 5.92 Å². The lowest BCUT2D eigenvalue weighted by atomic mass is 9.92. The summed E-state index contributed by atoms with van der Waals surface area (Å²) in [7, 11) is 1.68. The minimum absolute atomic E-state index is 0.0797. The maximum atomic E-state index is 12.7. The molecule has 2 N–H and O–H groups in total. The molecule has 5 nitrogen and oxygen atoms in total. The molecular weight excluding hydrogens is 354 g/mol. The van der Waals surface area contributed by atoms with Gasteiger partial charge in [0.25, 0.3) is 0 Å². The number of carboxylic acids is 1. The van der Waals surface area contributed by atoms with E-state index in [-0.39, 0.29) is 18.4 Å². The van der Waals surface area contributed by atoms with Crippen LogP contribution in [0.1, 0.15) is 37.3 Å². The van der Waals surface area contributed by atoms with Gasteiger partial charge in [0, 0.05) is 12.0 Å². The summed E-state index contributed by atoms with van der Waals surface area (Å²) >= 11 is 0. The lowest BCUT2D eigenvalue weighted by molar-refractivity contribution is -0.160. The molecule has 1 unspecified atom stereocenters. The summed E-state index contributed by atoms with van der Waals surface area (Å²) in [6, 6.07) is 15.7. The van der Waals surface area contributed by atoms with Crippen molar-refractivity contribution in [1.29, 1.82) is 0 Å². The zero-order chi connectivity index (χ0) is 20.3. The second-order valence-electron chi connectivity index (χ2n) is 7.70. The van der Waals surface area contributed by atoms with Gasteiger partial charge < -0.3 is 15.2 Å². The SMILES string of the molecule is CN[C@H](CC(C)C)C(C(=O)O)C(=O)OCC1c2ccccc2-c2ccccc21. The van der Waals surface area contributed by atoms with E-state index in [0.717, 1.165) is 22.3 Å². The van der Waals surface area contributed by atoms with E-state index < -0.39 is 23.9 Å². The van der Waals surface area contributed by atoms with Crippen LogP contribution in [0.2, 0.25) is 0 Å². The number of nitrogens with one attached hydrogen (secondary N) is 1. The van der Waals surface area contributed by atoms with Gasteiger partial charge in [-0.25, -0.2) is 0 Å². The predicted molar refractivity (Wildman–Crippen MR) is 108 cm³/mol. The molecule has 1 aliphatic rings. The molecule has 0 aromatic heterocycles. The number of hydrogen-bond acceptors (Lipinski definition) is 4. The van der Waals surface area contributed by atoms with E-state index in [9.17, 15) is 14.7 Å². The Morgan fingerprint density at radius 2 is 1.57 bits per heavy atom. The molecule has 0 radical (unpaired) electrons. The standard InChI is InChI=1S/C23H27NO4/c1-14(2)12-20(24-3)21(22(25)26)23(27)28-13-19-17-10-6-4-8-15(17)16-9-5-7-11-18(16)19/h4-11,14,19-21,24H,12-13H2,1-3H3,(H,25,26)/t20-,21?/m1/s1. The number of carbonyl (C=O) groups is 2. The fourth-order valence-corrected chi connectivity index (χ4v) is 4.06. The molecule has 2 atom stereocenters. The monoisotopic (exact) mass is 381 g/mol. The van der Waals surface area contributed by atoms with Crippen molar-refractivity contribution in [2.45, 2.75) is 32.2 Å². The zero-order valence-corrected chi connectivity index (χ0v) is 16.5. The average molecular weight is 381 g/mol. The summed E-state index contributed by atoms with van der Waals surface area (Å²) < 4.78 is 5.57. The molecule has 0 bridgehead atoms. The number of hydrogen-bond donors (Lipinski definition) is 2. The fourth-order valence-electron chi connectivity index (χ4n) is 4.06. The molecule has 0 spiro atoms. The Hall–Kier alpha value is -2.66. The molecule has 0 fully saturated rings. The van der Waals surface area contributed by atoms with Gasteiger partial charge in [-0.2, -0.15) is 0 Å². The minimum atomic E-state index is -1.22. The van der Waals surface area contributed by atoms with E-state index in [1.807, 2.05) is 50.2 Å². The first-order valence-corrected chi connectivity index (χ1v) is 9.69. The normalized spacial score (nSPS) is 15.0. The molecule has 0 heterocycles. The minimum Gasteiger partial charge on any atom is -0.481 e. The first-order valence-electron chi connectivity index (χ1n) is 9.69. The molecule has 1 aliphatic carbocycles. The molecular formula is C23H27NO4. The highest BCUT2D eigenvalue weighted by atomic mass is 16.5. The number of benzene rings is 2. The first kappa shape index (κ1) is 20.1. The van der Waals surface area contributed by atoms with Crippen LogP contribution in [0.25, 0.3) is 11.1 Å². The van der Waals surface area contributed by atoms with Crippen molar-refractivity contribution >= 4 is 11.9 Å². The van der Waals surface area contributed by atoms with Crippen LogP contribution in [-0.2, 0) is 14.3 Å². The maximum absolute atomic E-state index is 12.7. The van der Waals surface area contributed by atoms with Gasteiger partial charge in [0.05, 0.1) is 0 Å². The smallest absolute Gasteiger partial charge is 0.321 e. The highest BCUT2D eigenvalue weighted by Crippen LogP contribution is 2.44. The van der Waals surface area contributed by atoms with Crippen LogP contribution < -0.4 is 5.32 Å². The molecule has 0 saturated carbocycles. The number of aliphatic carboxylic acids is 1. The van der Waals surface area contributed by atoms with E-state index >= 15 is 0 Å². The zero-order valence-electron chi connectivity index (χ0n) is 16.5. The number of fused-ring (bicyclic) bond motifs is 3. The predicted octanol–water partition coefficient (Wildman–Crippen LogP) is 3.68. The topological polar surface area (TPSA) is 75.6 Å². The van der Waals surface area contributed by atoms with Crippen molar-refractivity contribution in [3.05, 3.63) is 59.7 Å². The Kier molecular flexibility index (Phi) is 6.15. The van der Waals surface area contributed by atoms with Crippen LogP contribution in [-0.4, -0.2) is 36.7 Å². The molecule has 0 saturated heterocycles. The van der Waals surface area contributed by atoms with Crippen LogP contribution in [0.4, 0.5) is 0 Å². The summed E-state index contributed by atoms with van der Waals surface area (Å²) in [4.78, 5) is 24.5. The average Bonchev–Trinajstić information content (AvgIpc) is 2.99. The third-order valence-corrected chi connectivity index (χ3v) is 5.37. The maximum Gasteiger partial charge on any atom is 0.321 e. The van der Waals surface area contributed by atoms with Crippen molar-refractivity contribution in [3.63, 3.8) is 0 Å². The molecule has 0 aliphatic heterocycles. The molecule has 2 aromatic carbocycles. The Balaban J connectivity index is 1.79. The molecule has 28 heavy (non-hydrogen) atoms. The van der Waals surface area contributed by atoms with E-state index in [1.54, 1.807) is 7.05 Å². The quantitative estimate of drug-likeness (QED) is 0.539. The van der Waals surface area contributed by atoms with E-state index in [4.69, 9.17) is 4.74 Å². The highest BCUT2D eigenvalue weighted by molar-refractivity contribution is 5.95. The van der Waals surface area contributed by atoms with E-state index in [0.29, 0.717) is 6.42 Å². The van der Waals surface area contributed by atoms with Gasteiger partial charge in [0.2, 0.25) is 0 Å². The Labute approximate surface area is 165 Å². The number of carbonyl (C=O) groups excluding carboxylic acids is 1. The summed E-state index contributed by atoms with van der Waals surface area (Å²) in [5.41, 5.74) is 4.50. The number of carboxylic acid groups (broad SMARTS) is 1. The van der Waals surface area contributed by atoms with Crippen LogP contribution >= 0.6 is 0 Å². The van der Waals surface area contributed by atoms with E-state index in [2.05, 4.69) is 17.4 Å². The van der Waals surface area contributed by atoms with Gasteiger partial charge in [-0.15, -0.1) is 0 Å². The van der Waals surface area contributed by atoms with E-state index in [1.165, 1.54) is 0 Å². The molecule has 148 valence electrons. The van der Waals surface area contributed by atoms with Crippen LogP contribution in [0, 0.1) is 11.8 Å². The lowest BCUT2D eigenvalue weighted by Crippen LogP contribution is -2.44. The van der Waals surface area contributed by atoms with Gasteiger partial charge >= 0.3 is 11.9 Å². The second kappa shape index (κ2) is 8.57. The Bertz CT molecular complexity index is 816. The Morgan fingerprint density at radius 3 is 2.04 bits per heavy atom. The summed E-state index contributed by atoms with van der Waals surface area (Å²) in [6.45, 7) is 4.14. The van der Waals surface area contributed by atoms with Crippen molar-refractivity contribution in [2.24, 2.45) is 11.8 Å². The second-order valence-corrected chi connectivity index (χ2v) is 7.70. The van der Waals surface area contributed by atoms with Crippen LogP contribution in [0.15, 0.2) is 48.5 Å². The van der Waals surface area contributed by atoms with Crippen molar-refractivity contribution in [1.82, 2.24) is 5.32 Å². The van der Waals surface area contributed by atoms with Crippen molar-refractivity contribution in [2.75, 3.05) is 13.7 Å². The van der Waals surface area contributed by atoms with Crippen LogP contribution in [0.5, 0.6) is 0 Å². The molecule has 3 rings (SSSR count). The third kappa shape index (κ3) is 3.94. The van der Waals surface area contributed by atoms with Gasteiger partial charge in [0.1, 0.15) is 6.61 Å². The lowest BCUT2D eigenvalue weighted by Gasteiger charge is -2.24. The highest BCUT2D eigenvalue weighted by Gasteiger charge is 2.37. The number of esters is 1. The van der Waals surface area contributed by atoms with Gasteiger partial charge in [-0.3, -0.25) is 9.59 Å². The first-order chi connectivity index (χ1) is 13.4. The van der Waals surface area contributed by atoms with Gasteiger partial charge in [-0.05, 0) is 41.6 Å². The van der Waals surface area contributed by atoms with Gasteiger partial charge in [-0.1, -0.05) is 62.4 Å². The summed E-state index contributed by atoms with van der Waals surface area (Å²) in [6.07, 6.45) is 0.581. The summed E-state index contributed by atoms with van der Waals surface area (Å²) in [5.74, 6) is -2.88. The number of rotatable bonds is 8. The largest absolute Gasteiger partial charge is 0.481 e. The molecule has 5 heteroatoms.